The van der Waals surface area contributed by atoms with E-state index < -0.39 is 8.07 Å². The number of hydrogen-bond acceptors (Lipinski definition) is 2. The lowest BCUT2D eigenvalue weighted by Crippen LogP contribution is -2.64. The van der Waals surface area contributed by atoms with Gasteiger partial charge >= 0.3 is 0 Å². The average molecular weight is 435 g/mol. The summed E-state index contributed by atoms with van der Waals surface area (Å²) in [5, 5.41) is 3.35. The van der Waals surface area contributed by atoms with Crippen LogP contribution in [0.3, 0.4) is 0 Å². The van der Waals surface area contributed by atoms with Gasteiger partial charge in [0.15, 0.2) is 5.79 Å². The molecule has 0 amide bonds. The smallest absolute Gasteiger partial charge is 0.191 e. The fraction of sp³-hybridized carbons (Fsp3) is 0.500. The van der Waals surface area contributed by atoms with Crippen molar-refractivity contribution in [2.75, 3.05) is 13.2 Å². The Hall–Kier alpha value is -1.68. The molecule has 0 atom stereocenters. The van der Waals surface area contributed by atoms with Gasteiger partial charge in [0.05, 0.1) is 13.2 Å². The minimum Gasteiger partial charge on any atom is -0.344 e. The zero-order chi connectivity index (χ0) is 22.0. The van der Waals surface area contributed by atoms with Crippen LogP contribution in [0.25, 0.3) is 0 Å². The molecule has 0 saturated carbocycles. The molecule has 1 heterocycles. The summed E-state index contributed by atoms with van der Waals surface area (Å²) in [6, 6.07) is 24.0. The quantitative estimate of drug-likeness (QED) is 0.299. The molecule has 1 spiro atoms. The van der Waals surface area contributed by atoms with E-state index in [-0.39, 0.29) is 10.8 Å². The number of allylic oxidation sites excluding steroid dienone is 1. The molecule has 0 aromatic heterocycles. The monoisotopic (exact) mass is 434 g/mol. The van der Waals surface area contributed by atoms with E-state index in [0.717, 1.165) is 32.5 Å². The van der Waals surface area contributed by atoms with Crippen LogP contribution in [0, 0.1) is 0 Å². The first kappa shape index (κ1) is 22.5. The van der Waals surface area contributed by atoms with Crippen LogP contribution in [0.15, 0.2) is 71.8 Å². The molecular weight excluding hydrogens is 396 g/mol. The third kappa shape index (κ3) is 4.20. The maximum absolute atomic E-state index is 6.10. The van der Waals surface area contributed by atoms with E-state index in [2.05, 4.69) is 88.4 Å². The van der Waals surface area contributed by atoms with Crippen molar-refractivity contribution in [3.05, 3.63) is 71.8 Å². The topological polar surface area (TPSA) is 18.5 Å². The van der Waals surface area contributed by atoms with Gasteiger partial charge in [0, 0.05) is 6.42 Å². The molecule has 0 radical (unpaired) electrons. The second-order valence-corrected chi connectivity index (χ2v) is 15.3. The number of unbranched alkanes of at least 4 members (excludes halogenated alkanes) is 1. The molecular formula is C28H38O2Si. The first-order valence-corrected chi connectivity index (χ1v) is 14.2. The van der Waals surface area contributed by atoms with Gasteiger partial charge in [0.2, 0.25) is 0 Å². The maximum Gasteiger partial charge on any atom is 0.191 e. The Morgan fingerprint density at radius 3 is 1.90 bits per heavy atom. The molecule has 0 unspecified atom stereocenters. The Balaban J connectivity index is 1.57. The third-order valence-electron chi connectivity index (χ3n) is 7.60. The molecule has 1 aliphatic heterocycles. The van der Waals surface area contributed by atoms with Crippen LogP contribution in [-0.4, -0.2) is 27.1 Å². The number of benzene rings is 2. The molecule has 0 bridgehead atoms. The highest BCUT2D eigenvalue weighted by Crippen LogP contribution is 2.45. The van der Waals surface area contributed by atoms with Gasteiger partial charge in [-0.2, -0.15) is 0 Å². The highest BCUT2D eigenvalue weighted by molar-refractivity contribution is 7.04. The van der Waals surface area contributed by atoms with Crippen molar-refractivity contribution in [2.24, 2.45) is 0 Å². The Morgan fingerprint density at radius 2 is 1.39 bits per heavy atom. The fourth-order valence-corrected chi connectivity index (χ4v) is 11.7. The predicted molar refractivity (Wildman–Crippen MR) is 133 cm³/mol. The Bertz CT molecular complexity index is 850. The van der Waals surface area contributed by atoms with E-state index in [1.54, 1.807) is 10.4 Å². The van der Waals surface area contributed by atoms with Gasteiger partial charge in [0.25, 0.3) is 0 Å². The summed E-state index contributed by atoms with van der Waals surface area (Å²) < 4.78 is 12.2. The Kier molecular flexibility index (Phi) is 6.57. The first-order chi connectivity index (χ1) is 14.9. The fourth-order valence-electron chi connectivity index (χ4n) is 5.99. The van der Waals surface area contributed by atoms with E-state index in [1.165, 1.54) is 30.0 Å². The largest absolute Gasteiger partial charge is 0.344 e. The van der Waals surface area contributed by atoms with E-state index in [1.807, 2.05) is 0 Å². The highest BCUT2D eigenvalue weighted by Gasteiger charge is 2.47. The second-order valence-electron chi connectivity index (χ2n) is 10.3. The van der Waals surface area contributed by atoms with Crippen LogP contribution in [0.5, 0.6) is 0 Å². The van der Waals surface area contributed by atoms with Crippen molar-refractivity contribution in [3.63, 3.8) is 0 Å². The van der Waals surface area contributed by atoms with Gasteiger partial charge in [-0.25, -0.2) is 0 Å². The van der Waals surface area contributed by atoms with E-state index in [9.17, 15) is 0 Å². The normalized spacial score (nSPS) is 18.8. The van der Waals surface area contributed by atoms with Crippen molar-refractivity contribution in [1.82, 2.24) is 0 Å². The molecule has 0 N–H and O–H groups in total. The first-order valence-electron chi connectivity index (χ1n) is 12.0. The zero-order valence-electron chi connectivity index (χ0n) is 19.7. The van der Waals surface area contributed by atoms with Crippen LogP contribution >= 0.6 is 0 Å². The molecule has 2 aliphatic rings. The molecule has 2 aromatic rings. The maximum atomic E-state index is 6.10. The van der Waals surface area contributed by atoms with Crippen molar-refractivity contribution in [1.29, 1.82) is 0 Å². The van der Waals surface area contributed by atoms with E-state index in [0.29, 0.717) is 0 Å². The van der Waals surface area contributed by atoms with Gasteiger partial charge in [-0.15, -0.1) is 0 Å². The van der Waals surface area contributed by atoms with Gasteiger partial charge in [-0.05, 0) is 42.8 Å². The SMILES string of the molecule is CC1=C(CCCC[Si](c2ccccc2)(c2ccccc2)C(C)(C)C)C2(CC1)OCCO2. The average Bonchev–Trinajstić information content (AvgIpc) is 3.36. The third-order valence-corrected chi connectivity index (χ3v) is 13.9. The summed E-state index contributed by atoms with van der Waals surface area (Å²) in [5.74, 6) is -0.387. The predicted octanol–water partition coefficient (Wildman–Crippen LogP) is 6.07. The van der Waals surface area contributed by atoms with Gasteiger partial charge in [-0.1, -0.05) is 104 Å². The van der Waals surface area contributed by atoms with Gasteiger partial charge < -0.3 is 9.47 Å². The van der Waals surface area contributed by atoms with E-state index in [4.69, 9.17) is 9.47 Å². The lowest BCUT2D eigenvalue weighted by Gasteiger charge is -2.44. The van der Waals surface area contributed by atoms with Crippen molar-refractivity contribution in [3.8, 4) is 0 Å². The van der Waals surface area contributed by atoms with Crippen LogP contribution in [-0.2, 0) is 9.47 Å². The minimum atomic E-state index is -1.96. The van der Waals surface area contributed by atoms with E-state index >= 15 is 0 Å². The number of rotatable bonds is 7. The van der Waals surface area contributed by atoms with Crippen LogP contribution in [0.4, 0.5) is 0 Å². The molecule has 1 saturated heterocycles. The summed E-state index contributed by atoms with van der Waals surface area (Å²) in [6.07, 6.45) is 5.66. The summed E-state index contributed by atoms with van der Waals surface area (Å²) in [5.41, 5.74) is 2.93. The molecule has 2 nitrogen and oxygen atoms in total. The van der Waals surface area contributed by atoms with Crippen LogP contribution in [0.2, 0.25) is 11.1 Å². The zero-order valence-corrected chi connectivity index (χ0v) is 20.7. The minimum absolute atomic E-state index is 0.233. The summed E-state index contributed by atoms with van der Waals surface area (Å²) in [7, 11) is -1.96. The standard InChI is InChI=1S/C28H38O2Si/c1-23-18-19-28(29-20-21-30-28)26(23)17-11-12-22-31(27(2,3)4,24-13-7-5-8-14-24)25-15-9-6-10-16-25/h5-10,13-16H,11-12,17-22H2,1-4H3. The summed E-state index contributed by atoms with van der Waals surface area (Å²) in [6.45, 7) is 11.1. The molecule has 31 heavy (non-hydrogen) atoms. The Labute approximate surface area is 189 Å². The molecule has 1 aliphatic carbocycles. The molecule has 1 fully saturated rings. The lowest BCUT2D eigenvalue weighted by atomic mass is 10.0. The highest BCUT2D eigenvalue weighted by atomic mass is 28.3. The summed E-state index contributed by atoms with van der Waals surface area (Å²) in [4.78, 5) is 0. The molecule has 4 rings (SSSR count). The molecule has 3 heteroatoms. The van der Waals surface area contributed by atoms with Crippen LogP contribution in [0.1, 0.15) is 59.8 Å². The Morgan fingerprint density at radius 1 is 0.839 bits per heavy atom. The van der Waals surface area contributed by atoms with Crippen LogP contribution < -0.4 is 10.4 Å². The van der Waals surface area contributed by atoms with Crippen molar-refractivity contribution < 1.29 is 9.47 Å². The number of hydrogen-bond donors (Lipinski definition) is 0. The summed E-state index contributed by atoms with van der Waals surface area (Å²) >= 11 is 0. The van der Waals surface area contributed by atoms with Crippen molar-refractivity contribution >= 4 is 18.4 Å². The van der Waals surface area contributed by atoms with Gasteiger partial charge in [-0.3, -0.25) is 0 Å². The van der Waals surface area contributed by atoms with Crippen molar-refractivity contribution in [2.45, 2.75) is 76.7 Å². The second kappa shape index (κ2) is 9.05. The lowest BCUT2D eigenvalue weighted by molar-refractivity contribution is -0.125. The number of ether oxygens (including phenoxy) is 2. The van der Waals surface area contributed by atoms with Gasteiger partial charge in [0.1, 0.15) is 8.07 Å². The molecule has 2 aromatic carbocycles. The molecule has 166 valence electrons.